The van der Waals surface area contributed by atoms with Crippen LogP contribution in [0.2, 0.25) is 0 Å². The van der Waals surface area contributed by atoms with E-state index in [2.05, 4.69) is 15.5 Å². The zero-order valence-electron chi connectivity index (χ0n) is 15.5. The molecule has 1 aromatic heterocycles. The summed E-state index contributed by atoms with van der Waals surface area (Å²) in [6.45, 7) is 0. The predicted octanol–water partition coefficient (Wildman–Crippen LogP) is 3.31. The Balaban J connectivity index is 1.68. The van der Waals surface area contributed by atoms with Gasteiger partial charge in [-0.05, 0) is 35.9 Å². The van der Waals surface area contributed by atoms with Gasteiger partial charge in [-0.1, -0.05) is 5.10 Å². The van der Waals surface area contributed by atoms with Gasteiger partial charge in [-0.2, -0.15) is 0 Å². The molecule has 148 valence electrons. The molecule has 1 heterocycles. The number of hydrogen-bond donors (Lipinski definition) is 1. The molecule has 0 radical (unpaired) electrons. The zero-order chi connectivity index (χ0) is 20.8. The number of methoxy groups -OCH3 is 2. The minimum Gasteiger partial charge on any atom is -0.497 e. The van der Waals surface area contributed by atoms with Crippen LogP contribution in [0.4, 0.5) is 11.7 Å². The lowest BCUT2D eigenvalue weighted by atomic mass is 10.2. The van der Waals surface area contributed by atoms with Gasteiger partial charge < -0.3 is 13.9 Å². The monoisotopic (exact) mass is 396 g/mol. The van der Waals surface area contributed by atoms with E-state index in [0.29, 0.717) is 22.6 Å². The normalized spacial score (nSPS) is 10.7. The van der Waals surface area contributed by atoms with Crippen molar-refractivity contribution in [1.29, 1.82) is 0 Å². The smallest absolute Gasteiger partial charge is 0.322 e. The number of hydrogen-bond acceptors (Lipinski definition) is 8. The Morgan fingerprint density at radius 2 is 1.90 bits per heavy atom. The van der Waals surface area contributed by atoms with Crippen LogP contribution < -0.4 is 14.8 Å². The van der Waals surface area contributed by atoms with E-state index < -0.39 is 10.8 Å². The van der Waals surface area contributed by atoms with Gasteiger partial charge in [-0.3, -0.25) is 20.2 Å². The third kappa shape index (κ3) is 4.75. The summed E-state index contributed by atoms with van der Waals surface area (Å²) in [7, 11) is 3.04. The van der Waals surface area contributed by atoms with Crippen LogP contribution >= 0.6 is 0 Å². The Morgan fingerprint density at radius 3 is 2.55 bits per heavy atom. The van der Waals surface area contributed by atoms with Crippen molar-refractivity contribution in [3.63, 3.8) is 0 Å². The van der Waals surface area contributed by atoms with Crippen molar-refractivity contribution in [3.05, 3.63) is 64.2 Å². The number of nitro groups is 1. The van der Waals surface area contributed by atoms with Crippen LogP contribution in [-0.4, -0.2) is 35.2 Å². The van der Waals surface area contributed by atoms with Crippen LogP contribution in [0.15, 0.2) is 53.0 Å². The number of amides is 1. The van der Waals surface area contributed by atoms with Crippen molar-refractivity contribution in [1.82, 2.24) is 10.2 Å². The number of rotatable bonds is 7. The number of anilines is 1. The number of aromatic nitrogens is 2. The van der Waals surface area contributed by atoms with Crippen LogP contribution in [0.1, 0.15) is 5.56 Å². The minimum absolute atomic E-state index is 0.0287. The van der Waals surface area contributed by atoms with E-state index in [9.17, 15) is 14.9 Å². The van der Waals surface area contributed by atoms with Crippen molar-refractivity contribution in [2.24, 2.45) is 0 Å². The van der Waals surface area contributed by atoms with Crippen molar-refractivity contribution in [3.8, 4) is 23.0 Å². The summed E-state index contributed by atoms with van der Waals surface area (Å²) >= 11 is 0. The Morgan fingerprint density at radius 1 is 1.14 bits per heavy atom. The van der Waals surface area contributed by atoms with E-state index in [0.717, 1.165) is 0 Å². The first-order valence-corrected chi connectivity index (χ1v) is 8.29. The van der Waals surface area contributed by atoms with Gasteiger partial charge in [-0.25, -0.2) is 0 Å². The summed E-state index contributed by atoms with van der Waals surface area (Å²) in [5, 5.41) is 20.8. The Labute approximate surface area is 164 Å². The van der Waals surface area contributed by atoms with E-state index >= 15 is 0 Å². The highest BCUT2D eigenvalue weighted by Crippen LogP contribution is 2.33. The van der Waals surface area contributed by atoms with Crippen LogP contribution in [-0.2, 0) is 4.79 Å². The molecule has 1 N–H and O–H groups in total. The van der Waals surface area contributed by atoms with E-state index in [1.807, 2.05) is 0 Å². The summed E-state index contributed by atoms with van der Waals surface area (Å²) in [5.74, 6) is 0.748. The average Bonchev–Trinajstić information content (AvgIpc) is 3.20. The molecule has 10 nitrogen and oxygen atoms in total. The second-order valence-corrected chi connectivity index (χ2v) is 5.65. The molecule has 0 saturated heterocycles. The van der Waals surface area contributed by atoms with Gasteiger partial charge in [0.1, 0.15) is 11.5 Å². The second-order valence-electron chi connectivity index (χ2n) is 5.65. The van der Waals surface area contributed by atoms with Gasteiger partial charge in [0.15, 0.2) is 0 Å². The fraction of sp³-hybridized carbons (Fsp3) is 0.105. The maximum absolute atomic E-state index is 12.0. The molecule has 0 fully saturated rings. The molecule has 0 aliphatic heterocycles. The number of ether oxygens (including phenoxy) is 2. The lowest BCUT2D eigenvalue weighted by molar-refractivity contribution is -0.384. The first-order chi connectivity index (χ1) is 14.0. The molecule has 0 aliphatic rings. The first-order valence-electron chi connectivity index (χ1n) is 8.29. The molecule has 3 aromatic rings. The fourth-order valence-electron chi connectivity index (χ4n) is 2.38. The molecule has 0 spiro atoms. The highest BCUT2D eigenvalue weighted by atomic mass is 16.6. The largest absolute Gasteiger partial charge is 0.497 e. The van der Waals surface area contributed by atoms with E-state index in [1.54, 1.807) is 25.3 Å². The van der Waals surface area contributed by atoms with Gasteiger partial charge in [0.05, 0.1) is 24.7 Å². The highest BCUT2D eigenvalue weighted by molar-refractivity contribution is 6.00. The molecule has 29 heavy (non-hydrogen) atoms. The van der Waals surface area contributed by atoms with Crippen molar-refractivity contribution < 1.29 is 23.6 Å². The predicted molar refractivity (Wildman–Crippen MR) is 104 cm³/mol. The lowest BCUT2D eigenvalue weighted by Gasteiger charge is -2.07. The van der Waals surface area contributed by atoms with E-state index in [4.69, 9.17) is 13.9 Å². The summed E-state index contributed by atoms with van der Waals surface area (Å²) in [6.07, 6.45) is 2.75. The topological polar surface area (TPSA) is 130 Å². The molecule has 2 aromatic carbocycles. The van der Waals surface area contributed by atoms with Crippen molar-refractivity contribution >= 4 is 23.7 Å². The third-order valence-electron chi connectivity index (χ3n) is 3.83. The van der Waals surface area contributed by atoms with Crippen molar-refractivity contribution in [2.75, 3.05) is 19.5 Å². The molecule has 0 bridgehead atoms. The van der Waals surface area contributed by atoms with Gasteiger partial charge in [0.25, 0.3) is 17.5 Å². The minimum atomic E-state index is -0.500. The SMILES string of the molecule is COc1ccc(-c2nnc(NC(=O)/C=C\c3ccc([N+](=O)[O-])cc3)o2)c(OC)c1. The van der Waals surface area contributed by atoms with Gasteiger partial charge in [-0.15, -0.1) is 5.10 Å². The van der Waals surface area contributed by atoms with Crippen LogP contribution in [0, 0.1) is 10.1 Å². The van der Waals surface area contributed by atoms with Gasteiger partial charge in [0, 0.05) is 24.3 Å². The maximum Gasteiger partial charge on any atom is 0.322 e. The molecule has 10 heteroatoms. The third-order valence-corrected chi connectivity index (χ3v) is 3.83. The summed E-state index contributed by atoms with van der Waals surface area (Å²) in [4.78, 5) is 22.2. The maximum atomic E-state index is 12.0. The highest BCUT2D eigenvalue weighted by Gasteiger charge is 2.15. The van der Waals surface area contributed by atoms with Crippen LogP contribution in [0.5, 0.6) is 11.5 Å². The number of nitrogens with zero attached hydrogens (tertiary/aromatic N) is 3. The first kappa shape index (κ1) is 19.5. The standard InChI is InChI=1S/C19H16N4O6/c1-27-14-8-9-15(16(11-14)28-2)18-21-22-19(29-18)20-17(24)10-5-12-3-6-13(7-4-12)23(25)26/h3-11H,1-2H3,(H,20,22,24)/b10-5-. The Kier molecular flexibility index (Phi) is 5.83. The molecule has 0 aliphatic carbocycles. The number of carbonyl (C=O) groups is 1. The van der Waals surface area contributed by atoms with Gasteiger partial charge >= 0.3 is 6.01 Å². The second kappa shape index (κ2) is 8.65. The zero-order valence-corrected chi connectivity index (χ0v) is 15.5. The lowest BCUT2D eigenvalue weighted by Crippen LogP contribution is -2.07. The van der Waals surface area contributed by atoms with Crippen molar-refractivity contribution in [2.45, 2.75) is 0 Å². The quantitative estimate of drug-likeness (QED) is 0.366. The average molecular weight is 396 g/mol. The molecule has 3 rings (SSSR count). The van der Waals surface area contributed by atoms with Crippen LogP contribution in [0.25, 0.3) is 17.5 Å². The van der Waals surface area contributed by atoms with Gasteiger partial charge in [0.2, 0.25) is 0 Å². The molecular weight excluding hydrogens is 380 g/mol. The Bertz CT molecular complexity index is 1060. The number of non-ortho nitro benzene ring substituents is 1. The van der Waals surface area contributed by atoms with E-state index in [-0.39, 0.29) is 17.6 Å². The Hall–Kier alpha value is -4.21. The fourth-order valence-corrected chi connectivity index (χ4v) is 2.38. The molecule has 0 saturated carbocycles. The molecule has 0 unspecified atom stereocenters. The number of nitrogens with one attached hydrogen (secondary N) is 1. The summed E-state index contributed by atoms with van der Waals surface area (Å²) in [5.41, 5.74) is 1.14. The number of carbonyl (C=O) groups excluding carboxylic acids is 1. The van der Waals surface area contributed by atoms with Crippen LogP contribution in [0.3, 0.4) is 0 Å². The summed E-state index contributed by atoms with van der Waals surface area (Å²) in [6, 6.07) is 10.8. The number of benzene rings is 2. The molecule has 1 amide bonds. The van der Waals surface area contributed by atoms with E-state index in [1.165, 1.54) is 43.5 Å². The molecule has 0 atom stereocenters. The number of nitro benzene ring substituents is 1. The summed E-state index contributed by atoms with van der Waals surface area (Å²) < 4.78 is 15.9. The molecular formula is C19H16N4O6.